The van der Waals surface area contributed by atoms with E-state index < -0.39 is 0 Å². The van der Waals surface area contributed by atoms with Crippen molar-refractivity contribution in [2.45, 2.75) is 26.5 Å². The fourth-order valence-electron chi connectivity index (χ4n) is 2.63. The summed E-state index contributed by atoms with van der Waals surface area (Å²) in [5.41, 5.74) is 3.40. The number of nitrogens with zero attached hydrogens (tertiary/aromatic N) is 2. The number of benzene rings is 2. The van der Waals surface area contributed by atoms with Gasteiger partial charge >= 0.3 is 0 Å². The summed E-state index contributed by atoms with van der Waals surface area (Å²) >= 11 is 0. The third kappa shape index (κ3) is 3.54. The molecule has 0 unspecified atom stereocenters. The van der Waals surface area contributed by atoms with Gasteiger partial charge in [-0.25, -0.2) is 0 Å². The first kappa shape index (κ1) is 16.0. The number of aromatic nitrogens is 2. The maximum Gasteiger partial charge on any atom is 0.154 e. The van der Waals surface area contributed by atoms with Gasteiger partial charge < -0.3 is 4.74 Å². The number of rotatable bonds is 7. The van der Waals surface area contributed by atoms with Crippen molar-refractivity contribution >= 4 is 6.29 Å². The van der Waals surface area contributed by atoms with Gasteiger partial charge in [0.15, 0.2) is 6.29 Å². The highest BCUT2D eigenvalue weighted by atomic mass is 16.5. The highest BCUT2D eigenvalue weighted by Gasteiger charge is 2.12. The summed E-state index contributed by atoms with van der Waals surface area (Å²) in [6.07, 6.45) is 5.63. The molecule has 1 aromatic heterocycles. The molecular formula is C20H20N2O2. The quantitative estimate of drug-likeness (QED) is 0.608. The minimum atomic E-state index is 0.431. The van der Waals surface area contributed by atoms with Gasteiger partial charge in [-0.3, -0.25) is 9.48 Å². The highest BCUT2D eigenvalue weighted by molar-refractivity contribution is 5.90. The Labute approximate surface area is 141 Å². The van der Waals surface area contributed by atoms with Gasteiger partial charge in [-0.15, -0.1) is 0 Å². The van der Waals surface area contributed by atoms with Gasteiger partial charge in [-0.1, -0.05) is 49.4 Å². The molecule has 122 valence electrons. The Bertz CT molecular complexity index is 810. The predicted octanol–water partition coefficient (Wildman–Crippen LogP) is 4.35. The molecule has 0 radical (unpaired) electrons. The van der Waals surface area contributed by atoms with Crippen molar-refractivity contribution in [1.29, 1.82) is 0 Å². The van der Waals surface area contributed by atoms with Crippen LogP contribution in [-0.4, -0.2) is 16.1 Å². The van der Waals surface area contributed by atoms with E-state index in [1.807, 2.05) is 59.4 Å². The zero-order valence-electron chi connectivity index (χ0n) is 13.7. The molecule has 0 amide bonds. The fourth-order valence-corrected chi connectivity index (χ4v) is 2.63. The van der Waals surface area contributed by atoms with Gasteiger partial charge in [0.1, 0.15) is 12.4 Å². The molecule has 4 heteroatoms. The topological polar surface area (TPSA) is 44.1 Å². The standard InChI is InChI=1S/C20H20N2O2/c1-2-11-22-13-17(12-21-22)18-9-6-10-20(19(18)14-23)24-15-16-7-4-3-5-8-16/h3-10,12-14H,2,11,15H2,1H3. The highest BCUT2D eigenvalue weighted by Crippen LogP contribution is 2.29. The van der Waals surface area contributed by atoms with Crippen LogP contribution >= 0.6 is 0 Å². The number of ether oxygens (including phenoxy) is 1. The average molecular weight is 320 g/mol. The summed E-state index contributed by atoms with van der Waals surface area (Å²) in [5.74, 6) is 0.592. The number of aldehydes is 1. The molecule has 0 fully saturated rings. The van der Waals surface area contributed by atoms with Crippen LogP contribution in [0.1, 0.15) is 29.3 Å². The number of hydrogen-bond acceptors (Lipinski definition) is 3. The Kier molecular flexibility index (Phi) is 5.06. The lowest BCUT2D eigenvalue weighted by Gasteiger charge is -2.11. The largest absolute Gasteiger partial charge is 0.488 e. The first-order valence-electron chi connectivity index (χ1n) is 8.09. The van der Waals surface area contributed by atoms with Crippen molar-refractivity contribution in [2.75, 3.05) is 0 Å². The lowest BCUT2D eigenvalue weighted by atomic mass is 10.0. The first-order valence-corrected chi connectivity index (χ1v) is 8.09. The van der Waals surface area contributed by atoms with E-state index >= 15 is 0 Å². The van der Waals surface area contributed by atoms with Crippen molar-refractivity contribution in [3.05, 3.63) is 72.1 Å². The number of aryl methyl sites for hydroxylation is 1. The Morgan fingerprint density at radius 2 is 1.96 bits per heavy atom. The molecule has 4 nitrogen and oxygen atoms in total. The second-order valence-electron chi connectivity index (χ2n) is 5.60. The van der Waals surface area contributed by atoms with E-state index in [9.17, 15) is 4.79 Å². The Morgan fingerprint density at radius 3 is 2.71 bits per heavy atom. The fraction of sp³-hybridized carbons (Fsp3) is 0.200. The van der Waals surface area contributed by atoms with Crippen molar-refractivity contribution < 1.29 is 9.53 Å². The monoisotopic (exact) mass is 320 g/mol. The third-order valence-corrected chi connectivity index (χ3v) is 3.82. The van der Waals surface area contributed by atoms with Crippen molar-refractivity contribution in [3.8, 4) is 16.9 Å². The van der Waals surface area contributed by atoms with Crippen LogP contribution in [0.4, 0.5) is 0 Å². The first-order chi connectivity index (χ1) is 11.8. The van der Waals surface area contributed by atoms with Gasteiger partial charge in [0, 0.05) is 18.3 Å². The van der Waals surface area contributed by atoms with Crippen LogP contribution in [0.3, 0.4) is 0 Å². The molecule has 0 spiro atoms. The zero-order chi connectivity index (χ0) is 16.8. The Hall–Kier alpha value is -2.88. The molecule has 0 saturated carbocycles. The van der Waals surface area contributed by atoms with Crippen LogP contribution in [0.25, 0.3) is 11.1 Å². The van der Waals surface area contributed by atoms with E-state index in [1.54, 1.807) is 6.20 Å². The van der Waals surface area contributed by atoms with E-state index in [1.165, 1.54) is 0 Å². The Balaban J connectivity index is 1.86. The predicted molar refractivity (Wildman–Crippen MR) is 94.1 cm³/mol. The molecular weight excluding hydrogens is 300 g/mol. The van der Waals surface area contributed by atoms with Gasteiger partial charge in [0.05, 0.1) is 11.8 Å². The maximum atomic E-state index is 11.7. The summed E-state index contributed by atoms with van der Waals surface area (Å²) in [6, 6.07) is 15.6. The molecule has 0 aliphatic rings. The normalized spacial score (nSPS) is 10.5. The Morgan fingerprint density at radius 1 is 1.12 bits per heavy atom. The molecule has 0 aliphatic heterocycles. The van der Waals surface area contributed by atoms with Crippen molar-refractivity contribution in [1.82, 2.24) is 9.78 Å². The van der Waals surface area contributed by atoms with E-state index in [-0.39, 0.29) is 0 Å². The number of hydrogen-bond donors (Lipinski definition) is 0. The lowest BCUT2D eigenvalue weighted by Crippen LogP contribution is -1.99. The maximum absolute atomic E-state index is 11.7. The lowest BCUT2D eigenvalue weighted by molar-refractivity contribution is 0.111. The summed E-state index contributed by atoms with van der Waals surface area (Å²) < 4.78 is 7.76. The SMILES string of the molecule is CCCn1cc(-c2cccc(OCc3ccccc3)c2C=O)cn1. The molecule has 2 aromatic carbocycles. The molecule has 3 rings (SSSR count). The van der Waals surface area contributed by atoms with E-state index in [0.29, 0.717) is 17.9 Å². The van der Waals surface area contributed by atoms with Gasteiger partial charge in [-0.2, -0.15) is 5.10 Å². The van der Waals surface area contributed by atoms with Gasteiger partial charge in [-0.05, 0) is 23.6 Å². The minimum absolute atomic E-state index is 0.431. The summed E-state index contributed by atoms with van der Waals surface area (Å²) in [5, 5.41) is 4.34. The molecule has 0 saturated heterocycles. The molecule has 24 heavy (non-hydrogen) atoms. The summed E-state index contributed by atoms with van der Waals surface area (Å²) in [4.78, 5) is 11.7. The smallest absolute Gasteiger partial charge is 0.154 e. The van der Waals surface area contributed by atoms with Crippen molar-refractivity contribution in [3.63, 3.8) is 0 Å². The average Bonchev–Trinajstić information content (AvgIpc) is 3.09. The minimum Gasteiger partial charge on any atom is -0.488 e. The van der Waals surface area contributed by atoms with Crippen LogP contribution in [0.15, 0.2) is 60.9 Å². The molecule has 1 heterocycles. The second kappa shape index (κ2) is 7.59. The van der Waals surface area contributed by atoms with Crippen LogP contribution in [0, 0.1) is 0 Å². The molecule has 0 aliphatic carbocycles. The molecule has 3 aromatic rings. The number of carbonyl (C=O) groups excluding carboxylic acids is 1. The number of carbonyl (C=O) groups is 1. The van der Waals surface area contributed by atoms with Crippen LogP contribution in [0.2, 0.25) is 0 Å². The van der Waals surface area contributed by atoms with Crippen LogP contribution in [0.5, 0.6) is 5.75 Å². The van der Waals surface area contributed by atoms with Crippen LogP contribution in [-0.2, 0) is 13.2 Å². The molecule has 0 atom stereocenters. The molecule has 0 bridgehead atoms. The van der Waals surface area contributed by atoms with E-state index in [2.05, 4.69) is 12.0 Å². The van der Waals surface area contributed by atoms with E-state index in [4.69, 9.17) is 4.74 Å². The van der Waals surface area contributed by atoms with Gasteiger partial charge in [0.2, 0.25) is 0 Å². The van der Waals surface area contributed by atoms with Gasteiger partial charge in [0.25, 0.3) is 0 Å². The molecule has 0 N–H and O–H groups in total. The van der Waals surface area contributed by atoms with Crippen LogP contribution < -0.4 is 4.74 Å². The third-order valence-electron chi connectivity index (χ3n) is 3.82. The van der Waals surface area contributed by atoms with E-state index in [0.717, 1.165) is 35.9 Å². The zero-order valence-corrected chi connectivity index (χ0v) is 13.7. The van der Waals surface area contributed by atoms with Crippen molar-refractivity contribution in [2.24, 2.45) is 0 Å². The summed E-state index contributed by atoms with van der Waals surface area (Å²) in [6.45, 7) is 3.40. The second-order valence-corrected chi connectivity index (χ2v) is 5.60. The summed E-state index contributed by atoms with van der Waals surface area (Å²) in [7, 11) is 0.